The first-order valence-corrected chi connectivity index (χ1v) is 8.00. The Morgan fingerprint density at radius 3 is 2.57 bits per heavy atom. The van der Waals surface area contributed by atoms with Crippen molar-refractivity contribution in [2.75, 3.05) is 13.1 Å². The first kappa shape index (κ1) is 17.7. The Hall–Kier alpha value is -1.66. The van der Waals surface area contributed by atoms with E-state index in [1.165, 1.54) is 12.1 Å². The fraction of sp³-hybridized carbons (Fsp3) is 0.500. The molecule has 7 heteroatoms. The van der Waals surface area contributed by atoms with Crippen LogP contribution in [0.5, 0.6) is 0 Å². The van der Waals surface area contributed by atoms with Crippen LogP contribution in [0.3, 0.4) is 0 Å². The summed E-state index contributed by atoms with van der Waals surface area (Å²) in [5.74, 6) is -1.93. The molecule has 23 heavy (non-hydrogen) atoms. The highest BCUT2D eigenvalue weighted by Gasteiger charge is 2.29. The van der Waals surface area contributed by atoms with Crippen LogP contribution in [0, 0.1) is 5.82 Å². The maximum Gasteiger partial charge on any atom is 0.256 e. The summed E-state index contributed by atoms with van der Waals surface area (Å²) < 4.78 is 13.6. The van der Waals surface area contributed by atoms with Gasteiger partial charge in [0.1, 0.15) is 5.82 Å². The number of amides is 2. The van der Waals surface area contributed by atoms with Gasteiger partial charge in [-0.1, -0.05) is 36.9 Å². The summed E-state index contributed by atoms with van der Waals surface area (Å²) in [5, 5.41) is 15.2. The molecule has 0 atom stereocenters. The molecule has 0 saturated heterocycles. The summed E-state index contributed by atoms with van der Waals surface area (Å²) in [6.07, 6.45) is 4.29. The molecule has 1 aliphatic carbocycles. The number of carbonyl (C=O) groups excluding carboxylic acids is 2. The van der Waals surface area contributed by atoms with E-state index in [0.29, 0.717) is 12.8 Å². The molecular weight excluding hydrogens is 323 g/mol. The number of aliphatic hydroxyl groups is 1. The Morgan fingerprint density at radius 1 is 1.22 bits per heavy atom. The average molecular weight is 343 g/mol. The summed E-state index contributed by atoms with van der Waals surface area (Å²) in [4.78, 5) is 23.7. The van der Waals surface area contributed by atoms with Crippen LogP contribution in [-0.4, -0.2) is 35.6 Å². The van der Waals surface area contributed by atoms with Crippen molar-refractivity contribution in [3.05, 3.63) is 34.6 Å². The smallest absolute Gasteiger partial charge is 0.256 e. The second-order valence-electron chi connectivity index (χ2n) is 5.84. The number of hydrogen-bond acceptors (Lipinski definition) is 3. The Bertz CT molecular complexity index is 568. The zero-order valence-corrected chi connectivity index (χ0v) is 13.5. The van der Waals surface area contributed by atoms with Crippen molar-refractivity contribution < 1.29 is 19.1 Å². The summed E-state index contributed by atoms with van der Waals surface area (Å²) in [7, 11) is 0. The highest BCUT2D eigenvalue weighted by atomic mass is 35.5. The van der Waals surface area contributed by atoms with Crippen LogP contribution in [-0.2, 0) is 4.79 Å². The normalized spacial score (nSPS) is 16.7. The monoisotopic (exact) mass is 342 g/mol. The summed E-state index contributed by atoms with van der Waals surface area (Å²) >= 11 is 5.79. The minimum Gasteiger partial charge on any atom is -0.388 e. The van der Waals surface area contributed by atoms with E-state index in [0.717, 1.165) is 25.3 Å². The molecule has 0 spiro atoms. The van der Waals surface area contributed by atoms with E-state index in [1.54, 1.807) is 0 Å². The van der Waals surface area contributed by atoms with Gasteiger partial charge in [-0.25, -0.2) is 4.39 Å². The van der Waals surface area contributed by atoms with Crippen molar-refractivity contribution in [2.24, 2.45) is 0 Å². The zero-order valence-electron chi connectivity index (χ0n) is 12.7. The molecule has 1 aromatic carbocycles. The highest BCUT2D eigenvalue weighted by Crippen LogP contribution is 2.27. The van der Waals surface area contributed by atoms with Crippen molar-refractivity contribution in [3.63, 3.8) is 0 Å². The van der Waals surface area contributed by atoms with Crippen molar-refractivity contribution in [2.45, 2.75) is 37.7 Å². The van der Waals surface area contributed by atoms with Gasteiger partial charge in [-0.2, -0.15) is 0 Å². The molecule has 0 radical (unpaired) electrons. The minimum atomic E-state index is -0.868. The SMILES string of the molecule is O=C(CNC(=O)c1c(F)cccc1Cl)NCC1(O)CCCCC1. The lowest BCUT2D eigenvalue weighted by Gasteiger charge is -2.32. The van der Waals surface area contributed by atoms with Crippen molar-refractivity contribution in [1.29, 1.82) is 0 Å². The largest absolute Gasteiger partial charge is 0.388 e. The van der Waals surface area contributed by atoms with Gasteiger partial charge in [0.2, 0.25) is 5.91 Å². The third-order valence-corrected chi connectivity index (χ3v) is 4.31. The van der Waals surface area contributed by atoms with Gasteiger partial charge in [-0.05, 0) is 25.0 Å². The summed E-state index contributed by atoms with van der Waals surface area (Å²) in [5.41, 5.74) is -1.15. The molecule has 1 aliphatic rings. The quantitative estimate of drug-likeness (QED) is 0.766. The van der Waals surface area contributed by atoms with Crippen molar-refractivity contribution >= 4 is 23.4 Å². The van der Waals surface area contributed by atoms with Crippen LogP contribution in [0.15, 0.2) is 18.2 Å². The standard InChI is InChI=1S/C16H20ClFN2O3/c17-11-5-4-6-12(18)14(11)15(22)19-9-13(21)20-10-16(23)7-2-1-3-8-16/h4-6,23H,1-3,7-10H2,(H,19,22)(H,20,21). The Kier molecular flexibility index (Phi) is 5.96. The van der Waals surface area contributed by atoms with Crippen LogP contribution in [0.25, 0.3) is 0 Å². The highest BCUT2D eigenvalue weighted by molar-refractivity contribution is 6.33. The number of rotatable bonds is 5. The van der Waals surface area contributed by atoms with Crippen molar-refractivity contribution in [1.82, 2.24) is 10.6 Å². The molecule has 1 fully saturated rings. The Morgan fingerprint density at radius 2 is 1.91 bits per heavy atom. The van der Waals surface area contributed by atoms with Gasteiger partial charge < -0.3 is 15.7 Å². The van der Waals surface area contributed by atoms with Crippen LogP contribution in [0.1, 0.15) is 42.5 Å². The first-order valence-electron chi connectivity index (χ1n) is 7.63. The van der Waals surface area contributed by atoms with Gasteiger partial charge >= 0.3 is 0 Å². The molecule has 126 valence electrons. The zero-order chi connectivity index (χ0) is 16.9. The molecule has 2 amide bonds. The number of hydrogen-bond donors (Lipinski definition) is 3. The number of halogens is 2. The number of carbonyl (C=O) groups is 2. The van der Waals surface area contributed by atoms with Gasteiger partial charge in [0.15, 0.2) is 0 Å². The van der Waals surface area contributed by atoms with E-state index in [9.17, 15) is 19.1 Å². The Labute approximate surface area is 139 Å². The van der Waals surface area contributed by atoms with Crippen LogP contribution in [0.4, 0.5) is 4.39 Å². The van der Waals surface area contributed by atoms with Crippen LogP contribution < -0.4 is 10.6 Å². The molecule has 0 bridgehead atoms. The lowest BCUT2D eigenvalue weighted by Crippen LogP contribution is -2.47. The van der Waals surface area contributed by atoms with Gasteiger partial charge in [-0.15, -0.1) is 0 Å². The third kappa shape index (κ3) is 4.91. The lowest BCUT2D eigenvalue weighted by molar-refractivity contribution is -0.121. The van der Waals surface area contributed by atoms with Crippen molar-refractivity contribution in [3.8, 4) is 0 Å². The third-order valence-electron chi connectivity index (χ3n) is 4.00. The second-order valence-corrected chi connectivity index (χ2v) is 6.25. The summed E-state index contributed by atoms with van der Waals surface area (Å²) in [6, 6.07) is 3.92. The van der Waals surface area contributed by atoms with Crippen LogP contribution in [0.2, 0.25) is 5.02 Å². The van der Waals surface area contributed by atoms with Crippen LogP contribution >= 0.6 is 11.6 Å². The number of benzene rings is 1. The van der Waals surface area contributed by atoms with Gasteiger partial charge in [0.25, 0.3) is 5.91 Å². The van der Waals surface area contributed by atoms with E-state index in [4.69, 9.17) is 11.6 Å². The molecule has 0 unspecified atom stereocenters. The molecular formula is C16H20ClFN2O3. The van der Waals surface area contributed by atoms with E-state index >= 15 is 0 Å². The molecule has 0 heterocycles. The number of nitrogens with one attached hydrogen (secondary N) is 2. The maximum absolute atomic E-state index is 13.6. The lowest BCUT2D eigenvalue weighted by atomic mass is 9.85. The molecule has 1 saturated carbocycles. The van der Waals surface area contributed by atoms with E-state index in [1.807, 2.05) is 0 Å². The first-order chi connectivity index (χ1) is 10.9. The molecule has 1 aromatic rings. The average Bonchev–Trinajstić information content (AvgIpc) is 2.51. The van der Waals surface area contributed by atoms with Gasteiger partial charge in [0.05, 0.1) is 22.7 Å². The fourth-order valence-electron chi connectivity index (χ4n) is 2.68. The molecule has 0 aromatic heterocycles. The van der Waals surface area contributed by atoms with Gasteiger partial charge in [-0.3, -0.25) is 9.59 Å². The maximum atomic E-state index is 13.6. The predicted octanol–water partition coefficient (Wildman–Crippen LogP) is 2.02. The topological polar surface area (TPSA) is 78.4 Å². The van der Waals surface area contributed by atoms with E-state index < -0.39 is 23.2 Å². The molecule has 0 aliphatic heterocycles. The minimum absolute atomic E-state index is 0.0144. The summed E-state index contributed by atoms with van der Waals surface area (Å²) in [6.45, 7) is -0.151. The Balaban J connectivity index is 1.81. The molecule has 2 rings (SSSR count). The molecule has 3 N–H and O–H groups in total. The second kappa shape index (κ2) is 7.75. The van der Waals surface area contributed by atoms with Gasteiger partial charge in [0, 0.05) is 6.54 Å². The van der Waals surface area contributed by atoms with E-state index in [-0.39, 0.29) is 23.7 Å². The predicted molar refractivity (Wildman–Crippen MR) is 84.8 cm³/mol. The fourth-order valence-corrected chi connectivity index (χ4v) is 2.92. The van der Waals surface area contributed by atoms with E-state index in [2.05, 4.69) is 10.6 Å². The molecule has 5 nitrogen and oxygen atoms in total.